The SMILES string of the molecule is C=CCc1ccccc1OC[C@H](O)CN1CCN(c2ccccc2OC)CC1. The number of hydrogen-bond acceptors (Lipinski definition) is 5. The fourth-order valence-electron chi connectivity index (χ4n) is 3.57. The molecule has 0 spiro atoms. The summed E-state index contributed by atoms with van der Waals surface area (Å²) in [6.07, 6.45) is 2.10. The summed E-state index contributed by atoms with van der Waals surface area (Å²) >= 11 is 0. The number of benzene rings is 2. The number of rotatable bonds is 9. The maximum absolute atomic E-state index is 10.4. The Labute approximate surface area is 167 Å². The minimum atomic E-state index is -0.519. The van der Waals surface area contributed by atoms with Crippen LogP contribution < -0.4 is 14.4 Å². The first-order chi connectivity index (χ1) is 13.7. The summed E-state index contributed by atoms with van der Waals surface area (Å²) in [5.74, 6) is 1.73. The van der Waals surface area contributed by atoms with Crippen molar-refractivity contribution in [2.24, 2.45) is 0 Å². The van der Waals surface area contributed by atoms with Gasteiger partial charge in [0.1, 0.15) is 24.2 Å². The first kappa shape index (κ1) is 20.2. The van der Waals surface area contributed by atoms with Gasteiger partial charge in [-0.25, -0.2) is 0 Å². The Morgan fingerprint density at radius 2 is 1.71 bits per heavy atom. The van der Waals surface area contributed by atoms with Crippen LogP contribution in [0.5, 0.6) is 11.5 Å². The van der Waals surface area contributed by atoms with Crippen LogP contribution in [0.15, 0.2) is 61.2 Å². The molecule has 0 bridgehead atoms. The molecule has 0 aromatic heterocycles. The summed E-state index contributed by atoms with van der Waals surface area (Å²) < 4.78 is 11.3. The molecule has 1 aliphatic rings. The van der Waals surface area contributed by atoms with Crippen molar-refractivity contribution in [2.45, 2.75) is 12.5 Å². The average Bonchev–Trinajstić information content (AvgIpc) is 2.74. The number of aliphatic hydroxyl groups is 1. The molecule has 1 N–H and O–H groups in total. The van der Waals surface area contributed by atoms with E-state index in [1.165, 1.54) is 0 Å². The molecule has 1 atom stereocenters. The molecule has 1 fully saturated rings. The van der Waals surface area contributed by atoms with Crippen LogP contribution >= 0.6 is 0 Å². The zero-order chi connectivity index (χ0) is 19.8. The number of β-amino-alcohol motifs (C(OH)–C–C–N with tert-alkyl or cyclic N) is 1. The van der Waals surface area contributed by atoms with Crippen LogP contribution in [0, 0.1) is 0 Å². The highest BCUT2D eigenvalue weighted by Crippen LogP contribution is 2.28. The van der Waals surface area contributed by atoms with Gasteiger partial charge < -0.3 is 19.5 Å². The fourth-order valence-corrected chi connectivity index (χ4v) is 3.57. The molecule has 2 aromatic rings. The molecule has 0 unspecified atom stereocenters. The molecule has 0 radical (unpaired) electrons. The van der Waals surface area contributed by atoms with Crippen LogP contribution in [-0.4, -0.2) is 62.6 Å². The van der Waals surface area contributed by atoms with Crippen molar-refractivity contribution in [1.82, 2.24) is 4.90 Å². The molecule has 2 aromatic carbocycles. The minimum Gasteiger partial charge on any atom is -0.495 e. The Morgan fingerprint density at radius 1 is 1.04 bits per heavy atom. The van der Waals surface area contributed by atoms with E-state index in [1.54, 1.807) is 7.11 Å². The highest BCUT2D eigenvalue weighted by Gasteiger charge is 2.21. The second-order valence-electron chi connectivity index (χ2n) is 7.02. The summed E-state index contributed by atoms with van der Waals surface area (Å²) in [6, 6.07) is 16.0. The van der Waals surface area contributed by atoms with E-state index in [1.807, 2.05) is 48.5 Å². The van der Waals surface area contributed by atoms with Crippen molar-refractivity contribution < 1.29 is 14.6 Å². The van der Waals surface area contributed by atoms with E-state index in [-0.39, 0.29) is 0 Å². The van der Waals surface area contributed by atoms with Gasteiger partial charge in [-0.05, 0) is 30.2 Å². The van der Waals surface area contributed by atoms with E-state index in [9.17, 15) is 5.11 Å². The zero-order valence-electron chi connectivity index (χ0n) is 16.6. The number of ether oxygens (including phenoxy) is 2. The number of nitrogens with zero attached hydrogens (tertiary/aromatic N) is 2. The van der Waals surface area contributed by atoms with Gasteiger partial charge in [0.25, 0.3) is 0 Å². The van der Waals surface area contributed by atoms with Crippen LogP contribution in [0.4, 0.5) is 5.69 Å². The molecule has 1 heterocycles. The van der Waals surface area contributed by atoms with E-state index >= 15 is 0 Å². The molecule has 5 nitrogen and oxygen atoms in total. The molecule has 0 amide bonds. The third-order valence-electron chi connectivity index (χ3n) is 5.04. The lowest BCUT2D eigenvalue weighted by Gasteiger charge is -2.37. The minimum absolute atomic E-state index is 0.293. The van der Waals surface area contributed by atoms with E-state index < -0.39 is 6.10 Å². The quantitative estimate of drug-likeness (QED) is 0.676. The molecule has 1 saturated heterocycles. The third-order valence-corrected chi connectivity index (χ3v) is 5.04. The number of hydrogen-bond donors (Lipinski definition) is 1. The Balaban J connectivity index is 1.46. The van der Waals surface area contributed by atoms with E-state index in [0.29, 0.717) is 13.2 Å². The van der Waals surface area contributed by atoms with Gasteiger partial charge in [-0.3, -0.25) is 4.90 Å². The lowest BCUT2D eigenvalue weighted by molar-refractivity contribution is 0.0660. The molecule has 1 aliphatic heterocycles. The summed E-state index contributed by atoms with van der Waals surface area (Å²) in [6.45, 7) is 8.33. The second-order valence-corrected chi connectivity index (χ2v) is 7.02. The van der Waals surface area contributed by atoms with E-state index in [0.717, 1.165) is 55.3 Å². The van der Waals surface area contributed by atoms with Crippen LogP contribution in [-0.2, 0) is 6.42 Å². The van der Waals surface area contributed by atoms with Gasteiger partial charge in [-0.2, -0.15) is 0 Å². The lowest BCUT2D eigenvalue weighted by Crippen LogP contribution is -2.49. The normalized spacial score (nSPS) is 15.9. The summed E-state index contributed by atoms with van der Waals surface area (Å²) in [5.41, 5.74) is 2.22. The molecule has 0 saturated carbocycles. The van der Waals surface area contributed by atoms with Crippen LogP contribution in [0.3, 0.4) is 0 Å². The summed E-state index contributed by atoms with van der Waals surface area (Å²) in [4.78, 5) is 4.62. The Bertz CT molecular complexity index is 757. The Morgan fingerprint density at radius 3 is 2.43 bits per heavy atom. The van der Waals surface area contributed by atoms with Crippen molar-refractivity contribution in [2.75, 3.05) is 51.3 Å². The maximum atomic E-state index is 10.4. The Kier molecular flexibility index (Phi) is 7.34. The van der Waals surface area contributed by atoms with Gasteiger partial charge in [0, 0.05) is 32.7 Å². The third kappa shape index (κ3) is 5.27. The molecule has 3 rings (SSSR count). The molecule has 150 valence electrons. The van der Waals surface area contributed by atoms with Gasteiger partial charge in [0.2, 0.25) is 0 Å². The van der Waals surface area contributed by atoms with Crippen molar-refractivity contribution >= 4 is 5.69 Å². The van der Waals surface area contributed by atoms with Gasteiger partial charge in [-0.15, -0.1) is 6.58 Å². The topological polar surface area (TPSA) is 45.2 Å². The van der Waals surface area contributed by atoms with Crippen molar-refractivity contribution in [3.8, 4) is 11.5 Å². The van der Waals surface area contributed by atoms with Crippen molar-refractivity contribution in [3.63, 3.8) is 0 Å². The second kappa shape index (κ2) is 10.2. The standard InChI is InChI=1S/C23H30N2O3/c1-3-8-19-9-4-6-11-22(19)28-18-20(26)17-24-13-15-25(16-14-24)21-10-5-7-12-23(21)27-2/h3-7,9-12,20,26H,1,8,13-18H2,2H3/t20-/m1/s1. The van der Waals surface area contributed by atoms with Crippen LogP contribution in [0.1, 0.15) is 5.56 Å². The zero-order valence-corrected chi connectivity index (χ0v) is 16.6. The number of methoxy groups -OCH3 is 1. The van der Waals surface area contributed by atoms with Gasteiger partial charge >= 0.3 is 0 Å². The van der Waals surface area contributed by atoms with Gasteiger partial charge in [-0.1, -0.05) is 36.4 Å². The number of anilines is 1. The molecule has 0 aliphatic carbocycles. The fraction of sp³-hybridized carbons (Fsp3) is 0.391. The highest BCUT2D eigenvalue weighted by molar-refractivity contribution is 5.58. The number of para-hydroxylation sites is 3. The largest absolute Gasteiger partial charge is 0.495 e. The van der Waals surface area contributed by atoms with Crippen molar-refractivity contribution in [1.29, 1.82) is 0 Å². The average molecular weight is 383 g/mol. The van der Waals surface area contributed by atoms with Gasteiger partial charge in [0.15, 0.2) is 0 Å². The predicted octanol–water partition coefficient (Wildman–Crippen LogP) is 2.99. The monoisotopic (exact) mass is 382 g/mol. The molecular formula is C23H30N2O3. The predicted molar refractivity (Wildman–Crippen MR) is 113 cm³/mol. The molecule has 5 heteroatoms. The molecular weight excluding hydrogens is 352 g/mol. The van der Waals surface area contributed by atoms with E-state index in [4.69, 9.17) is 9.47 Å². The maximum Gasteiger partial charge on any atom is 0.142 e. The summed E-state index contributed by atoms with van der Waals surface area (Å²) in [5, 5.41) is 10.4. The van der Waals surface area contributed by atoms with Crippen LogP contribution in [0.25, 0.3) is 0 Å². The number of aliphatic hydroxyl groups excluding tert-OH is 1. The molecule has 28 heavy (non-hydrogen) atoms. The first-order valence-electron chi connectivity index (χ1n) is 9.81. The van der Waals surface area contributed by atoms with Gasteiger partial charge in [0.05, 0.1) is 12.8 Å². The van der Waals surface area contributed by atoms with E-state index in [2.05, 4.69) is 22.4 Å². The first-order valence-corrected chi connectivity index (χ1v) is 9.81. The highest BCUT2D eigenvalue weighted by atomic mass is 16.5. The summed E-state index contributed by atoms with van der Waals surface area (Å²) in [7, 11) is 1.71. The lowest BCUT2D eigenvalue weighted by atomic mass is 10.1. The van der Waals surface area contributed by atoms with Crippen molar-refractivity contribution in [3.05, 3.63) is 66.7 Å². The number of piperazine rings is 1. The number of allylic oxidation sites excluding steroid dienone is 1. The van der Waals surface area contributed by atoms with Crippen LogP contribution in [0.2, 0.25) is 0 Å². The Hall–Kier alpha value is -2.50. The smallest absolute Gasteiger partial charge is 0.142 e.